The summed E-state index contributed by atoms with van der Waals surface area (Å²) in [6.45, 7) is 3.46. The first-order valence-corrected chi connectivity index (χ1v) is 14.1. The fraction of sp³-hybridized carbons (Fsp3) is 0.433. The van der Waals surface area contributed by atoms with Crippen molar-refractivity contribution in [3.63, 3.8) is 0 Å². The van der Waals surface area contributed by atoms with E-state index < -0.39 is 29.2 Å². The predicted molar refractivity (Wildman–Crippen MR) is 148 cm³/mol. The highest BCUT2D eigenvalue weighted by atomic mass is 19.2. The first-order valence-electron chi connectivity index (χ1n) is 14.1. The van der Waals surface area contributed by atoms with Gasteiger partial charge in [0.25, 0.3) is 0 Å². The van der Waals surface area contributed by atoms with E-state index in [0.29, 0.717) is 25.2 Å². The molecule has 12 heteroatoms. The van der Waals surface area contributed by atoms with Gasteiger partial charge in [0.2, 0.25) is 5.88 Å². The molecule has 8 nitrogen and oxygen atoms in total. The van der Waals surface area contributed by atoms with E-state index in [9.17, 15) is 13.9 Å². The van der Waals surface area contributed by atoms with Gasteiger partial charge in [0.1, 0.15) is 47.5 Å². The van der Waals surface area contributed by atoms with Gasteiger partial charge in [-0.2, -0.15) is 9.97 Å². The zero-order valence-electron chi connectivity index (χ0n) is 23.1. The molecular formula is C30H29F4N5O3. The normalized spacial score (nSPS) is 23.8. The Bertz CT molecular complexity index is 1740. The quantitative estimate of drug-likeness (QED) is 0.307. The van der Waals surface area contributed by atoms with Gasteiger partial charge in [-0.15, -0.1) is 0 Å². The molecule has 220 valence electrons. The smallest absolute Gasteiger partial charge is 0.319 e. The molecular weight excluding hydrogens is 554 g/mol. The molecule has 2 aromatic carbocycles. The summed E-state index contributed by atoms with van der Waals surface area (Å²) < 4.78 is 72.5. The number of anilines is 1. The van der Waals surface area contributed by atoms with Crippen LogP contribution in [0.4, 0.5) is 23.4 Å². The Morgan fingerprint density at radius 1 is 1.12 bits per heavy atom. The third-order valence-electron chi connectivity index (χ3n) is 8.96. The summed E-state index contributed by atoms with van der Waals surface area (Å²) in [7, 11) is 1.81. The maximum atomic E-state index is 16.6. The molecule has 2 fully saturated rings. The fourth-order valence-corrected chi connectivity index (χ4v) is 6.77. The second-order valence-electron chi connectivity index (χ2n) is 11.4. The standard InChI is InChI=1S/C30H29F4N5O3/c1-3-17-13-41-28-22-26(24(34)25(35-28)19-10-18(40)9-15-5-6-20(32)23(33)21(15)19)36-29(37-27(22)38(17)2)42-14-30-7-4-8-39(30)12-16(31)11-30/h5-6,9-10,16-17,40H,3-4,7-8,11-14H2,1-2H3/t16-,17+,30+/m1/s1. The number of nitrogens with zero attached hydrogens (tertiary/aromatic N) is 5. The molecule has 2 aromatic heterocycles. The van der Waals surface area contributed by atoms with Gasteiger partial charge in [-0.3, -0.25) is 4.90 Å². The molecule has 0 radical (unpaired) electrons. The van der Waals surface area contributed by atoms with Crippen LogP contribution in [0, 0.1) is 17.5 Å². The lowest BCUT2D eigenvalue weighted by atomic mass is 9.95. The first-order chi connectivity index (χ1) is 20.2. The van der Waals surface area contributed by atoms with Crippen molar-refractivity contribution in [2.45, 2.75) is 50.4 Å². The molecule has 0 aliphatic carbocycles. The Balaban J connectivity index is 1.42. The average molecular weight is 584 g/mol. The summed E-state index contributed by atoms with van der Waals surface area (Å²) >= 11 is 0. The number of aromatic hydroxyl groups is 1. The minimum atomic E-state index is -1.20. The summed E-state index contributed by atoms with van der Waals surface area (Å²) in [6.07, 6.45) is 1.79. The monoisotopic (exact) mass is 583 g/mol. The van der Waals surface area contributed by atoms with Gasteiger partial charge in [0.05, 0.1) is 11.6 Å². The number of likely N-dealkylation sites (N-methyl/N-ethyl adjacent to an activating group) is 1. The van der Waals surface area contributed by atoms with Crippen molar-refractivity contribution in [3.05, 3.63) is 41.7 Å². The molecule has 1 N–H and O–H groups in total. The number of ether oxygens (including phenoxy) is 2. The Morgan fingerprint density at radius 2 is 1.95 bits per heavy atom. The molecule has 0 unspecified atom stereocenters. The van der Waals surface area contributed by atoms with E-state index in [1.54, 1.807) is 0 Å². The van der Waals surface area contributed by atoms with Crippen LogP contribution in [-0.4, -0.2) is 76.1 Å². The average Bonchev–Trinajstić information content (AvgIpc) is 3.45. The van der Waals surface area contributed by atoms with E-state index in [2.05, 4.69) is 19.9 Å². The highest BCUT2D eigenvalue weighted by molar-refractivity contribution is 6.02. The van der Waals surface area contributed by atoms with Gasteiger partial charge >= 0.3 is 6.01 Å². The third-order valence-corrected chi connectivity index (χ3v) is 8.96. The summed E-state index contributed by atoms with van der Waals surface area (Å²) in [6, 6.07) is 4.39. The zero-order valence-corrected chi connectivity index (χ0v) is 23.1. The van der Waals surface area contributed by atoms with Crippen molar-refractivity contribution in [2.24, 2.45) is 0 Å². The van der Waals surface area contributed by atoms with Crippen LogP contribution in [0.2, 0.25) is 0 Å². The van der Waals surface area contributed by atoms with Crippen LogP contribution >= 0.6 is 0 Å². The van der Waals surface area contributed by atoms with Crippen molar-refractivity contribution in [1.82, 2.24) is 19.9 Å². The van der Waals surface area contributed by atoms with E-state index in [4.69, 9.17) is 9.47 Å². The maximum Gasteiger partial charge on any atom is 0.319 e. The molecule has 42 heavy (non-hydrogen) atoms. The second kappa shape index (κ2) is 9.82. The Morgan fingerprint density at radius 3 is 2.76 bits per heavy atom. The molecule has 4 aromatic rings. The van der Waals surface area contributed by atoms with Gasteiger partial charge in [0, 0.05) is 31.0 Å². The van der Waals surface area contributed by atoms with E-state index >= 15 is 8.78 Å². The summed E-state index contributed by atoms with van der Waals surface area (Å²) in [5.74, 6) is -3.16. The van der Waals surface area contributed by atoms with Crippen LogP contribution in [0.25, 0.3) is 32.9 Å². The fourth-order valence-electron chi connectivity index (χ4n) is 6.77. The lowest BCUT2D eigenvalue weighted by Crippen LogP contribution is -2.43. The number of hydrogen-bond donors (Lipinski definition) is 1. The number of hydrogen-bond acceptors (Lipinski definition) is 8. The number of pyridine rings is 1. The van der Waals surface area contributed by atoms with Gasteiger partial charge in [-0.1, -0.05) is 13.0 Å². The van der Waals surface area contributed by atoms with Crippen molar-refractivity contribution in [1.29, 1.82) is 0 Å². The first kappa shape index (κ1) is 26.9. The Labute approximate surface area is 238 Å². The van der Waals surface area contributed by atoms with Crippen LogP contribution in [0.15, 0.2) is 24.3 Å². The van der Waals surface area contributed by atoms with Crippen LogP contribution in [0.1, 0.15) is 32.6 Å². The molecule has 0 spiro atoms. The lowest BCUT2D eigenvalue weighted by Gasteiger charge is -2.31. The largest absolute Gasteiger partial charge is 0.508 e. The molecule has 2 saturated heterocycles. The van der Waals surface area contributed by atoms with Crippen molar-refractivity contribution >= 4 is 27.5 Å². The molecule has 5 heterocycles. The molecule has 7 rings (SSSR count). The summed E-state index contributed by atoms with van der Waals surface area (Å²) in [5.41, 5.74) is -1.17. The Hall–Kier alpha value is -3.93. The number of phenols is 1. The van der Waals surface area contributed by atoms with Crippen molar-refractivity contribution < 1.29 is 32.1 Å². The number of benzene rings is 2. The predicted octanol–water partition coefficient (Wildman–Crippen LogP) is 5.53. The number of phenolic OH excluding ortho intramolecular Hbond substituents is 1. The van der Waals surface area contributed by atoms with Crippen LogP contribution < -0.4 is 14.4 Å². The van der Waals surface area contributed by atoms with E-state index in [0.717, 1.165) is 31.5 Å². The van der Waals surface area contributed by atoms with Gasteiger partial charge < -0.3 is 19.5 Å². The number of aromatic nitrogens is 3. The molecule has 3 aliphatic heterocycles. The van der Waals surface area contributed by atoms with E-state index in [1.165, 1.54) is 12.1 Å². The number of rotatable bonds is 5. The molecule has 3 atom stereocenters. The van der Waals surface area contributed by atoms with E-state index in [-0.39, 0.29) is 69.8 Å². The maximum absolute atomic E-state index is 16.6. The molecule has 0 bridgehead atoms. The number of alkyl halides is 1. The van der Waals surface area contributed by atoms with Gasteiger partial charge in [-0.05, 0) is 49.4 Å². The van der Waals surface area contributed by atoms with E-state index in [1.807, 2.05) is 18.9 Å². The minimum absolute atomic E-state index is 0.0238. The van der Waals surface area contributed by atoms with Gasteiger partial charge in [-0.25, -0.2) is 22.5 Å². The van der Waals surface area contributed by atoms with Crippen molar-refractivity contribution in [3.8, 4) is 28.9 Å². The van der Waals surface area contributed by atoms with Crippen molar-refractivity contribution in [2.75, 3.05) is 38.3 Å². The SMILES string of the molecule is CC[C@H]1COc2nc(-c3cc(O)cc4ccc(F)c(F)c34)c(F)c3nc(OC[C@@]45CCCN4C[C@H](F)C5)nc(c23)N1C. The summed E-state index contributed by atoms with van der Waals surface area (Å²) in [4.78, 5) is 17.4. The number of fused-ring (bicyclic) bond motifs is 2. The third kappa shape index (κ3) is 4.10. The molecule has 0 amide bonds. The van der Waals surface area contributed by atoms with Crippen LogP contribution in [0.5, 0.6) is 17.6 Å². The minimum Gasteiger partial charge on any atom is -0.508 e. The van der Waals surface area contributed by atoms with Crippen LogP contribution in [-0.2, 0) is 0 Å². The second-order valence-corrected chi connectivity index (χ2v) is 11.4. The summed E-state index contributed by atoms with van der Waals surface area (Å²) in [5, 5.41) is 10.5. The number of halogens is 4. The van der Waals surface area contributed by atoms with Gasteiger partial charge in [0.15, 0.2) is 17.5 Å². The highest BCUT2D eigenvalue weighted by Crippen LogP contribution is 2.44. The Kier molecular flexibility index (Phi) is 6.30. The highest BCUT2D eigenvalue weighted by Gasteiger charge is 2.49. The molecule has 3 aliphatic rings. The van der Waals surface area contributed by atoms with Crippen LogP contribution in [0.3, 0.4) is 0 Å². The lowest BCUT2D eigenvalue weighted by molar-refractivity contribution is 0.107. The molecule has 0 saturated carbocycles. The zero-order chi connectivity index (χ0) is 29.3. The topological polar surface area (TPSA) is 83.8 Å².